The maximum atomic E-state index is 12.9. The maximum absolute atomic E-state index is 12.9. The number of ether oxygens (including phenoxy) is 1. The minimum atomic E-state index is -3.50. The summed E-state index contributed by atoms with van der Waals surface area (Å²) in [5, 5.41) is 2.07. The quantitative estimate of drug-likeness (QED) is 0.538. The summed E-state index contributed by atoms with van der Waals surface area (Å²) in [7, 11) is -4.69. The molecule has 0 bridgehead atoms. The zero-order valence-corrected chi connectivity index (χ0v) is 18.5. The Morgan fingerprint density at radius 1 is 1.23 bits per heavy atom. The SMILES string of the molecule is CCn1c(SC[Si](C)(C)C)nc2cc(S(=O)(=O)N3CCOCC3)ccc21. The lowest BCUT2D eigenvalue weighted by Gasteiger charge is -2.26. The number of hydrogen-bond acceptors (Lipinski definition) is 5. The van der Waals surface area contributed by atoms with E-state index in [4.69, 9.17) is 9.72 Å². The van der Waals surface area contributed by atoms with Crippen LogP contribution in [0.4, 0.5) is 0 Å². The van der Waals surface area contributed by atoms with Crippen LogP contribution in [0.25, 0.3) is 11.0 Å². The maximum Gasteiger partial charge on any atom is 0.243 e. The van der Waals surface area contributed by atoms with Crippen molar-refractivity contribution in [1.82, 2.24) is 13.9 Å². The highest BCUT2D eigenvalue weighted by molar-refractivity contribution is 8.00. The minimum Gasteiger partial charge on any atom is -0.379 e. The van der Waals surface area contributed by atoms with Crippen LogP contribution in [-0.2, 0) is 21.3 Å². The van der Waals surface area contributed by atoms with Gasteiger partial charge in [0.1, 0.15) is 0 Å². The molecular weight excluding hydrogens is 386 g/mol. The van der Waals surface area contributed by atoms with Crippen molar-refractivity contribution in [2.75, 3.05) is 31.7 Å². The van der Waals surface area contributed by atoms with Gasteiger partial charge in [-0.3, -0.25) is 0 Å². The Labute approximate surface area is 161 Å². The molecule has 0 radical (unpaired) electrons. The molecule has 0 saturated carbocycles. The highest BCUT2D eigenvalue weighted by Gasteiger charge is 2.27. The van der Waals surface area contributed by atoms with Gasteiger partial charge in [0.05, 0.1) is 37.2 Å². The van der Waals surface area contributed by atoms with Crippen LogP contribution in [0.2, 0.25) is 19.6 Å². The number of fused-ring (bicyclic) bond motifs is 1. The molecule has 1 fully saturated rings. The van der Waals surface area contributed by atoms with E-state index >= 15 is 0 Å². The molecule has 1 saturated heterocycles. The van der Waals surface area contributed by atoms with E-state index in [0.717, 1.165) is 28.1 Å². The molecule has 3 rings (SSSR count). The number of imidazole rings is 1. The second-order valence-corrected chi connectivity index (χ2v) is 16.5. The Kier molecular flexibility index (Phi) is 5.83. The molecule has 0 N–H and O–H groups in total. The number of sulfonamides is 1. The van der Waals surface area contributed by atoms with E-state index in [2.05, 4.69) is 31.1 Å². The third-order valence-corrected chi connectivity index (χ3v) is 10.7. The first-order chi connectivity index (χ1) is 12.2. The van der Waals surface area contributed by atoms with Gasteiger partial charge in [0.15, 0.2) is 5.16 Å². The monoisotopic (exact) mass is 413 g/mol. The molecule has 2 aromatic rings. The zero-order valence-electron chi connectivity index (χ0n) is 15.9. The summed E-state index contributed by atoms with van der Waals surface area (Å²) in [5.41, 5.74) is 1.74. The summed E-state index contributed by atoms with van der Waals surface area (Å²) in [4.78, 5) is 5.06. The van der Waals surface area contributed by atoms with Gasteiger partial charge < -0.3 is 9.30 Å². The van der Waals surface area contributed by atoms with Crippen LogP contribution in [0.1, 0.15) is 6.92 Å². The molecule has 6 nitrogen and oxygen atoms in total. The Bertz CT molecular complexity index is 885. The number of benzene rings is 1. The van der Waals surface area contributed by atoms with E-state index in [9.17, 15) is 8.42 Å². The van der Waals surface area contributed by atoms with E-state index in [1.165, 1.54) is 4.31 Å². The number of morpholine rings is 1. The van der Waals surface area contributed by atoms with Gasteiger partial charge in [-0.05, 0) is 30.5 Å². The highest BCUT2D eigenvalue weighted by Crippen LogP contribution is 2.28. The van der Waals surface area contributed by atoms with Gasteiger partial charge in [-0.25, -0.2) is 13.4 Å². The van der Waals surface area contributed by atoms with E-state index in [-0.39, 0.29) is 0 Å². The molecule has 1 aromatic heterocycles. The Balaban J connectivity index is 1.95. The van der Waals surface area contributed by atoms with Crippen LogP contribution in [0.3, 0.4) is 0 Å². The van der Waals surface area contributed by atoms with Gasteiger partial charge in [0, 0.05) is 19.6 Å². The van der Waals surface area contributed by atoms with E-state index in [1.54, 1.807) is 23.9 Å². The van der Waals surface area contributed by atoms with E-state index < -0.39 is 18.1 Å². The molecule has 0 spiro atoms. The van der Waals surface area contributed by atoms with Crippen molar-refractivity contribution in [2.45, 2.75) is 43.2 Å². The van der Waals surface area contributed by atoms with Crippen molar-refractivity contribution in [1.29, 1.82) is 0 Å². The van der Waals surface area contributed by atoms with E-state index in [1.807, 2.05) is 6.07 Å². The van der Waals surface area contributed by atoms with Gasteiger partial charge in [-0.2, -0.15) is 4.31 Å². The first-order valence-corrected chi connectivity index (χ1v) is 15.1. The fourth-order valence-corrected chi connectivity index (χ4v) is 7.10. The van der Waals surface area contributed by atoms with Gasteiger partial charge in [-0.1, -0.05) is 31.4 Å². The van der Waals surface area contributed by atoms with Crippen molar-refractivity contribution in [3.63, 3.8) is 0 Å². The third kappa shape index (κ3) is 4.17. The average molecular weight is 414 g/mol. The third-order valence-electron chi connectivity index (χ3n) is 4.24. The predicted molar refractivity (Wildman–Crippen MR) is 109 cm³/mol. The standard InChI is InChI=1S/C17H27N3O3S2Si/c1-5-20-16-7-6-14(25(21,22)19-8-10-23-11-9-19)12-15(16)18-17(20)24-13-26(2,3)4/h6-7,12H,5,8-11,13H2,1-4H3. The second kappa shape index (κ2) is 7.63. The molecule has 2 heterocycles. The number of aryl methyl sites for hydroxylation is 1. The Morgan fingerprint density at radius 2 is 1.92 bits per heavy atom. The summed E-state index contributed by atoms with van der Waals surface area (Å²) in [6.45, 7) is 11.6. The van der Waals surface area contributed by atoms with Gasteiger partial charge >= 0.3 is 0 Å². The molecular formula is C17H27N3O3S2Si. The molecule has 1 aliphatic rings. The lowest BCUT2D eigenvalue weighted by atomic mass is 10.3. The van der Waals surface area contributed by atoms with Gasteiger partial charge in [0.2, 0.25) is 10.0 Å². The number of aromatic nitrogens is 2. The molecule has 0 atom stereocenters. The molecule has 0 amide bonds. The summed E-state index contributed by atoms with van der Waals surface area (Å²) in [5.74, 6) is 0. The molecule has 144 valence electrons. The number of rotatable bonds is 6. The largest absolute Gasteiger partial charge is 0.379 e. The summed E-state index contributed by atoms with van der Waals surface area (Å²) in [6.07, 6.45) is 0. The lowest BCUT2D eigenvalue weighted by Crippen LogP contribution is -2.40. The van der Waals surface area contributed by atoms with Gasteiger partial charge in [0.25, 0.3) is 0 Å². The van der Waals surface area contributed by atoms with E-state index in [0.29, 0.717) is 31.2 Å². The summed E-state index contributed by atoms with van der Waals surface area (Å²) >= 11 is 1.78. The van der Waals surface area contributed by atoms with Crippen LogP contribution in [0, 0.1) is 0 Å². The Morgan fingerprint density at radius 3 is 2.54 bits per heavy atom. The first-order valence-electron chi connectivity index (χ1n) is 8.93. The number of nitrogens with zero attached hydrogens (tertiary/aromatic N) is 3. The smallest absolute Gasteiger partial charge is 0.243 e. The van der Waals surface area contributed by atoms with Crippen LogP contribution in [0.15, 0.2) is 28.3 Å². The number of hydrogen-bond donors (Lipinski definition) is 0. The Hall–Kier alpha value is -0.873. The lowest BCUT2D eigenvalue weighted by molar-refractivity contribution is 0.0730. The molecule has 0 aliphatic carbocycles. The van der Waals surface area contributed by atoms with Gasteiger partial charge in [-0.15, -0.1) is 0 Å². The fraction of sp³-hybridized carbons (Fsp3) is 0.588. The highest BCUT2D eigenvalue weighted by atomic mass is 32.2. The molecule has 1 aliphatic heterocycles. The topological polar surface area (TPSA) is 64.4 Å². The summed E-state index contributed by atoms with van der Waals surface area (Å²) < 4.78 is 34.7. The molecule has 0 unspecified atom stereocenters. The molecule has 26 heavy (non-hydrogen) atoms. The van der Waals surface area contributed by atoms with Crippen molar-refractivity contribution < 1.29 is 13.2 Å². The minimum absolute atomic E-state index is 0.314. The van der Waals surface area contributed by atoms with Crippen molar-refractivity contribution in [3.8, 4) is 0 Å². The average Bonchev–Trinajstić information content (AvgIpc) is 2.96. The number of thioether (sulfide) groups is 1. The summed E-state index contributed by atoms with van der Waals surface area (Å²) in [6, 6.07) is 5.30. The first kappa shape index (κ1) is 19.9. The second-order valence-electron chi connectivity index (χ2n) is 7.65. The van der Waals surface area contributed by atoms with Crippen molar-refractivity contribution in [3.05, 3.63) is 18.2 Å². The van der Waals surface area contributed by atoms with Crippen molar-refractivity contribution >= 4 is 40.9 Å². The van der Waals surface area contributed by atoms with Crippen LogP contribution in [0.5, 0.6) is 0 Å². The normalized spacial score (nSPS) is 17.1. The molecule has 1 aromatic carbocycles. The van der Waals surface area contributed by atoms with Crippen molar-refractivity contribution in [2.24, 2.45) is 0 Å². The predicted octanol–water partition coefficient (Wildman–Crippen LogP) is 3.05. The van der Waals surface area contributed by atoms with Crippen LogP contribution < -0.4 is 0 Å². The zero-order chi connectivity index (χ0) is 18.9. The molecule has 9 heteroatoms. The van der Waals surface area contributed by atoms with Crippen LogP contribution in [-0.4, -0.2) is 62.0 Å². The van der Waals surface area contributed by atoms with Crippen LogP contribution >= 0.6 is 11.8 Å². The fourth-order valence-electron chi connectivity index (χ4n) is 2.88.